The maximum absolute atomic E-state index is 12.2. The smallest absolute Gasteiger partial charge is 0.279 e. The Bertz CT molecular complexity index is 705. The van der Waals surface area contributed by atoms with Crippen LogP contribution in [0.2, 0.25) is 0 Å². The monoisotopic (exact) mass is 333 g/mol. The molecule has 0 radical (unpaired) electrons. The van der Waals surface area contributed by atoms with Crippen molar-refractivity contribution in [3.63, 3.8) is 0 Å². The average molecular weight is 333 g/mol. The van der Waals surface area contributed by atoms with Crippen LogP contribution in [0.15, 0.2) is 10.6 Å². The van der Waals surface area contributed by atoms with Gasteiger partial charge in [-0.15, -0.1) is 11.3 Å². The number of hydrogen-bond donors (Lipinski definition) is 2. The number of carbonyl (C=O) groups is 2. The van der Waals surface area contributed by atoms with Gasteiger partial charge in [-0.2, -0.15) is 0 Å². The van der Waals surface area contributed by atoms with Gasteiger partial charge < -0.3 is 4.52 Å². The van der Waals surface area contributed by atoms with E-state index in [-0.39, 0.29) is 5.91 Å². The first-order chi connectivity index (χ1) is 11.1. The SMILES string of the molecule is Cc1noc(C)c1C(=O)NNC(=O)c1cc2c(s1)CCCCC2. The van der Waals surface area contributed by atoms with Crippen LogP contribution in [0.1, 0.15) is 61.2 Å². The van der Waals surface area contributed by atoms with E-state index >= 15 is 0 Å². The Kier molecular flexibility index (Phi) is 4.47. The molecule has 3 rings (SSSR count). The van der Waals surface area contributed by atoms with Crippen molar-refractivity contribution in [2.24, 2.45) is 0 Å². The Hall–Kier alpha value is -2.15. The summed E-state index contributed by atoms with van der Waals surface area (Å²) < 4.78 is 4.95. The Morgan fingerprint density at radius 2 is 1.87 bits per heavy atom. The molecule has 0 fully saturated rings. The quantitative estimate of drug-likeness (QED) is 0.654. The lowest BCUT2D eigenvalue weighted by atomic mass is 10.1. The van der Waals surface area contributed by atoms with Crippen LogP contribution >= 0.6 is 11.3 Å². The molecule has 1 aliphatic carbocycles. The van der Waals surface area contributed by atoms with Gasteiger partial charge >= 0.3 is 0 Å². The summed E-state index contributed by atoms with van der Waals surface area (Å²) in [5, 5.41) is 3.73. The Balaban J connectivity index is 1.65. The van der Waals surface area contributed by atoms with Gasteiger partial charge in [-0.05, 0) is 51.2 Å². The van der Waals surface area contributed by atoms with Crippen molar-refractivity contribution >= 4 is 23.2 Å². The largest absolute Gasteiger partial charge is 0.361 e. The number of amides is 2. The van der Waals surface area contributed by atoms with Crippen LogP contribution < -0.4 is 10.9 Å². The molecule has 0 aliphatic heterocycles. The number of thiophene rings is 1. The van der Waals surface area contributed by atoms with Gasteiger partial charge in [-0.1, -0.05) is 11.6 Å². The van der Waals surface area contributed by atoms with Crippen LogP contribution in [0.4, 0.5) is 0 Å². The third kappa shape index (κ3) is 3.29. The molecular formula is C16H19N3O3S. The summed E-state index contributed by atoms with van der Waals surface area (Å²) in [6, 6.07) is 1.95. The van der Waals surface area contributed by atoms with Crippen LogP contribution in [0.3, 0.4) is 0 Å². The number of fused-ring (bicyclic) bond motifs is 1. The fourth-order valence-corrected chi connectivity index (χ4v) is 3.97. The zero-order valence-corrected chi connectivity index (χ0v) is 14.0. The van der Waals surface area contributed by atoms with E-state index in [9.17, 15) is 9.59 Å². The van der Waals surface area contributed by atoms with Crippen molar-refractivity contribution in [1.82, 2.24) is 16.0 Å². The molecular weight excluding hydrogens is 314 g/mol. The zero-order valence-electron chi connectivity index (χ0n) is 13.2. The van der Waals surface area contributed by atoms with Crippen molar-refractivity contribution < 1.29 is 14.1 Å². The molecule has 0 spiro atoms. The van der Waals surface area contributed by atoms with Gasteiger partial charge in [0.15, 0.2) is 0 Å². The Morgan fingerprint density at radius 1 is 1.13 bits per heavy atom. The predicted molar refractivity (Wildman–Crippen MR) is 86.5 cm³/mol. The summed E-state index contributed by atoms with van der Waals surface area (Å²) in [4.78, 5) is 26.3. The highest BCUT2D eigenvalue weighted by Gasteiger charge is 2.20. The number of carbonyl (C=O) groups excluding carboxylic acids is 2. The minimum atomic E-state index is -0.423. The Morgan fingerprint density at radius 3 is 2.61 bits per heavy atom. The molecule has 0 atom stereocenters. The van der Waals surface area contributed by atoms with Crippen LogP contribution in [0.25, 0.3) is 0 Å². The molecule has 2 amide bonds. The van der Waals surface area contributed by atoms with E-state index in [1.807, 2.05) is 6.07 Å². The molecule has 0 saturated carbocycles. The van der Waals surface area contributed by atoms with Gasteiger partial charge in [-0.3, -0.25) is 20.4 Å². The molecule has 122 valence electrons. The summed E-state index contributed by atoms with van der Waals surface area (Å²) in [7, 11) is 0. The number of nitrogens with zero attached hydrogens (tertiary/aromatic N) is 1. The summed E-state index contributed by atoms with van der Waals surface area (Å²) in [5.41, 5.74) is 7.02. The van der Waals surface area contributed by atoms with Crippen LogP contribution in [-0.2, 0) is 12.8 Å². The van der Waals surface area contributed by atoms with Crippen molar-refractivity contribution in [2.45, 2.75) is 46.0 Å². The van der Waals surface area contributed by atoms with Crippen LogP contribution in [0, 0.1) is 13.8 Å². The number of aryl methyl sites for hydroxylation is 4. The highest BCUT2D eigenvalue weighted by Crippen LogP contribution is 2.28. The first-order valence-electron chi connectivity index (χ1n) is 7.71. The summed E-state index contributed by atoms with van der Waals surface area (Å²) in [5.74, 6) is -0.284. The van der Waals surface area contributed by atoms with E-state index in [4.69, 9.17) is 4.52 Å². The Labute approximate surface area is 138 Å². The topological polar surface area (TPSA) is 84.2 Å². The number of hydrogen-bond acceptors (Lipinski definition) is 5. The van der Waals surface area contributed by atoms with Gasteiger partial charge in [0.25, 0.3) is 11.8 Å². The molecule has 7 heteroatoms. The minimum absolute atomic E-state index is 0.289. The summed E-state index contributed by atoms with van der Waals surface area (Å²) in [6.45, 7) is 3.34. The molecule has 1 aliphatic rings. The highest BCUT2D eigenvalue weighted by atomic mass is 32.1. The van der Waals surface area contributed by atoms with Gasteiger partial charge in [0.1, 0.15) is 11.3 Å². The van der Waals surface area contributed by atoms with E-state index in [2.05, 4.69) is 16.0 Å². The van der Waals surface area contributed by atoms with Gasteiger partial charge in [0, 0.05) is 4.88 Å². The standard InChI is InChI=1S/C16H19N3O3S/c1-9-14(10(2)22-19-9)16(21)18-17-15(20)13-8-11-6-4-3-5-7-12(11)23-13/h8H,3-7H2,1-2H3,(H,17,20)(H,18,21). The third-order valence-corrected chi connectivity index (χ3v) is 5.26. The van der Waals surface area contributed by atoms with Crippen LogP contribution in [-0.4, -0.2) is 17.0 Å². The second-order valence-electron chi connectivity index (χ2n) is 5.73. The molecule has 0 aromatic carbocycles. The molecule has 6 nitrogen and oxygen atoms in total. The number of nitrogens with one attached hydrogen (secondary N) is 2. The van der Waals surface area contributed by atoms with E-state index < -0.39 is 5.91 Å². The lowest BCUT2D eigenvalue weighted by molar-refractivity contribution is 0.0847. The van der Waals surface area contributed by atoms with Gasteiger partial charge in [-0.25, -0.2) is 0 Å². The fourth-order valence-electron chi connectivity index (χ4n) is 2.82. The molecule has 2 heterocycles. The zero-order chi connectivity index (χ0) is 16.4. The number of hydrazine groups is 1. The number of rotatable bonds is 2. The van der Waals surface area contributed by atoms with Crippen molar-refractivity contribution in [3.8, 4) is 0 Å². The van der Waals surface area contributed by atoms with E-state index in [1.165, 1.54) is 41.0 Å². The van der Waals surface area contributed by atoms with Crippen molar-refractivity contribution in [3.05, 3.63) is 38.4 Å². The molecule has 0 bridgehead atoms. The molecule has 2 N–H and O–H groups in total. The van der Waals surface area contributed by atoms with Crippen molar-refractivity contribution in [2.75, 3.05) is 0 Å². The first kappa shape index (κ1) is 15.7. The predicted octanol–water partition coefficient (Wildman–Crippen LogP) is 2.70. The number of aromatic nitrogens is 1. The summed E-state index contributed by atoms with van der Waals surface area (Å²) >= 11 is 1.52. The highest BCUT2D eigenvalue weighted by molar-refractivity contribution is 7.14. The van der Waals surface area contributed by atoms with E-state index in [0.717, 1.165) is 12.8 Å². The summed E-state index contributed by atoms with van der Waals surface area (Å²) in [6.07, 6.45) is 5.67. The molecule has 0 unspecified atom stereocenters. The van der Waals surface area contributed by atoms with E-state index in [0.29, 0.717) is 21.9 Å². The molecule has 2 aromatic rings. The third-order valence-electron chi connectivity index (χ3n) is 4.02. The lowest BCUT2D eigenvalue weighted by Crippen LogP contribution is -2.41. The van der Waals surface area contributed by atoms with Crippen LogP contribution in [0.5, 0.6) is 0 Å². The molecule has 0 saturated heterocycles. The first-order valence-corrected chi connectivity index (χ1v) is 8.53. The molecule has 2 aromatic heterocycles. The fraction of sp³-hybridized carbons (Fsp3) is 0.438. The maximum Gasteiger partial charge on any atom is 0.279 e. The average Bonchev–Trinajstić information content (AvgIpc) is 3.01. The lowest BCUT2D eigenvalue weighted by Gasteiger charge is -2.05. The normalized spacial score (nSPS) is 14.0. The van der Waals surface area contributed by atoms with Gasteiger partial charge in [0.05, 0.1) is 10.6 Å². The van der Waals surface area contributed by atoms with E-state index in [1.54, 1.807) is 13.8 Å². The second kappa shape index (κ2) is 6.54. The minimum Gasteiger partial charge on any atom is -0.361 e. The maximum atomic E-state index is 12.2. The van der Waals surface area contributed by atoms with Crippen molar-refractivity contribution in [1.29, 1.82) is 0 Å². The molecule has 23 heavy (non-hydrogen) atoms. The second-order valence-corrected chi connectivity index (χ2v) is 6.86. The van der Waals surface area contributed by atoms with Gasteiger partial charge in [0.2, 0.25) is 0 Å².